The van der Waals surface area contributed by atoms with Crippen molar-refractivity contribution in [2.75, 3.05) is 19.4 Å². The molecule has 0 radical (unpaired) electrons. The summed E-state index contributed by atoms with van der Waals surface area (Å²) < 4.78 is 0.761. The molecule has 0 aliphatic heterocycles. The van der Waals surface area contributed by atoms with E-state index in [1.165, 1.54) is 11.8 Å². The zero-order chi connectivity index (χ0) is 11.6. The second kappa shape index (κ2) is 8.06. The highest BCUT2D eigenvalue weighted by molar-refractivity contribution is 8.22. The molecule has 0 aromatic carbocycles. The molecule has 0 atom stereocenters. The number of rotatable bonds is 5. The SMILES string of the molecule is CNC(=S)SCCO/N=C/c1ccccn1. The Kier molecular flexibility index (Phi) is 6.52. The minimum absolute atomic E-state index is 0.524. The molecule has 0 spiro atoms. The van der Waals surface area contributed by atoms with Crippen LogP contribution < -0.4 is 5.32 Å². The molecule has 1 aromatic heterocycles. The average Bonchev–Trinajstić information content (AvgIpc) is 2.34. The molecule has 16 heavy (non-hydrogen) atoms. The van der Waals surface area contributed by atoms with Crippen LogP contribution in [0.2, 0.25) is 0 Å². The van der Waals surface area contributed by atoms with Crippen LogP contribution in [0.25, 0.3) is 0 Å². The van der Waals surface area contributed by atoms with Gasteiger partial charge < -0.3 is 10.2 Å². The van der Waals surface area contributed by atoms with E-state index in [2.05, 4.69) is 15.5 Å². The van der Waals surface area contributed by atoms with E-state index >= 15 is 0 Å². The summed E-state index contributed by atoms with van der Waals surface area (Å²) >= 11 is 6.49. The molecule has 1 rings (SSSR count). The Balaban J connectivity index is 2.12. The lowest BCUT2D eigenvalue weighted by atomic mass is 10.4. The molecular weight excluding hydrogens is 242 g/mol. The first-order chi connectivity index (χ1) is 7.83. The number of thiocarbonyl (C=S) groups is 1. The summed E-state index contributed by atoms with van der Waals surface area (Å²) in [7, 11) is 1.80. The van der Waals surface area contributed by atoms with Crippen LogP contribution >= 0.6 is 24.0 Å². The predicted octanol–water partition coefficient (Wildman–Crippen LogP) is 1.67. The van der Waals surface area contributed by atoms with Gasteiger partial charge in [-0.15, -0.1) is 0 Å². The number of thioether (sulfide) groups is 1. The molecule has 1 N–H and O–H groups in total. The lowest BCUT2D eigenvalue weighted by molar-refractivity contribution is 0.163. The maximum absolute atomic E-state index is 5.05. The van der Waals surface area contributed by atoms with Crippen LogP contribution in [0.1, 0.15) is 5.69 Å². The lowest BCUT2D eigenvalue weighted by Gasteiger charge is -2.00. The van der Waals surface area contributed by atoms with Crippen LogP contribution in [0.4, 0.5) is 0 Å². The van der Waals surface area contributed by atoms with Crippen molar-refractivity contribution in [2.45, 2.75) is 0 Å². The molecule has 0 saturated heterocycles. The second-order valence-electron chi connectivity index (χ2n) is 2.71. The minimum atomic E-state index is 0.524. The van der Waals surface area contributed by atoms with Gasteiger partial charge in [-0.25, -0.2) is 0 Å². The van der Waals surface area contributed by atoms with Crippen LogP contribution in [-0.4, -0.2) is 34.9 Å². The van der Waals surface area contributed by atoms with E-state index in [1.54, 1.807) is 19.5 Å². The number of hydrogen-bond acceptors (Lipinski definition) is 5. The molecule has 86 valence electrons. The summed E-state index contributed by atoms with van der Waals surface area (Å²) in [6.45, 7) is 0.524. The van der Waals surface area contributed by atoms with Crippen molar-refractivity contribution in [2.24, 2.45) is 5.16 Å². The molecule has 1 aromatic rings. The van der Waals surface area contributed by atoms with Gasteiger partial charge in [-0.2, -0.15) is 0 Å². The molecule has 0 fully saturated rings. The Bertz CT molecular complexity index is 343. The average molecular weight is 255 g/mol. The van der Waals surface area contributed by atoms with Gasteiger partial charge in [0.15, 0.2) is 0 Å². The Morgan fingerprint density at radius 3 is 3.25 bits per heavy atom. The van der Waals surface area contributed by atoms with Gasteiger partial charge in [0.2, 0.25) is 0 Å². The van der Waals surface area contributed by atoms with Crippen molar-refractivity contribution in [3.63, 3.8) is 0 Å². The van der Waals surface area contributed by atoms with E-state index in [1.807, 2.05) is 18.2 Å². The first-order valence-electron chi connectivity index (χ1n) is 4.74. The highest BCUT2D eigenvalue weighted by atomic mass is 32.2. The largest absolute Gasteiger partial charge is 0.395 e. The highest BCUT2D eigenvalue weighted by Crippen LogP contribution is 2.00. The Hall–Kier alpha value is -1.14. The number of hydrogen-bond donors (Lipinski definition) is 1. The fourth-order valence-corrected chi connectivity index (χ4v) is 1.58. The summed E-state index contributed by atoms with van der Waals surface area (Å²) in [5.41, 5.74) is 0.779. The van der Waals surface area contributed by atoms with Gasteiger partial charge in [0, 0.05) is 19.0 Å². The summed E-state index contributed by atoms with van der Waals surface area (Å²) in [6.07, 6.45) is 3.30. The van der Waals surface area contributed by atoms with E-state index in [-0.39, 0.29) is 0 Å². The van der Waals surface area contributed by atoms with Crippen LogP contribution in [0, 0.1) is 0 Å². The third-order valence-electron chi connectivity index (χ3n) is 1.56. The van der Waals surface area contributed by atoms with Crippen LogP contribution in [0.15, 0.2) is 29.6 Å². The van der Waals surface area contributed by atoms with Crippen LogP contribution in [0.3, 0.4) is 0 Å². The fraction of sp³-hybridized carbons (Fsp3) is 0.300. The van der Waals surface area contributed by atoms with Crippen molar-refractivity contribution in [1.29, 1.82) is 0 Å². The third kappa shape index (κ3) is 5.67. The molecular formula is C10H13N3OS2. The fourth-order valence-electron chi connectivity index (χ4n) is 0.840. The summed E-state index contributed by atoms with van der Waals surface area (Å²) in [6, 6.07) is 5.61. The van der Waals surface area contributed by atoms with Crippen molar-refractivity contribution >= 4 is 34.5 Å². The Morgan fingerprint density at radius 1 is 1.69 bits per heavy atom. The smallest absolute Gasteiger partial charge is 0.133 e. The normalized spacial score (nSPS) is 10.3. The monoisotopic (exact) mass is 255 g/mol. The molecule has 6 heteroatoms. The van der Waals surface area contributed by atoms with E-state index < -0.39 is 0 Å². The minimum Gasteiger partial charge on any atom is -0.395 e. The third-order valence-corrected chi connectivity index (χ3v) is 2.95. The maximum Gasteiger partial charge on any atom is 0.133 e. The molecule has 0 aliphatic rings. The Labute approximate surface area is 104 Å². The van der Waals surface area contributed by atoms with Gasteiger partial charge in [0.1, 0.15) is 10.9 Å². The highest BCUT2D eigenvalue weighted by Gasteiger charge is 1.93. The van der Waals surface area contributed by atoms with Crippen LogP contribution in [-0.2, 0) is 4.84 Å². The van der Waals surface area contributed by atoms with Gasteiger partial charge in [-0.3, -0.25) is 4.98 Å². The molecule has 0 unspecified atom stereocenters. The van der Waals surface area contributed by atoms with Gasteiger partial charge in [-0.05, 0) is 12.1 Å². The van der Waals surface area contributed by atoms with Gasteiger partial charge >= 0.3 is 0 Å². The topological polar surface area (TPSA) is 46.5 Å². The number of nitrogens with one attached hydrogen (secondary N) is 1. The molecule has 0 amide bonds. The lowest BCUT2D eigenvalue weighted by Crippen LogP contribution is -2.12. The van der Waals surface area contributed by atoms with Crippen molar-refractivity contribution < 1.29 is 4.84 Å². The molecule has 0 saturated carbocycles. The van der Waals surface area contributed by atoms with Gasteiger partial charge in [0.25, 0.3) is 0 Å². The molecule has 0 aliphatic carbocycles. The summed E-state index contributed by atoms with van der Waals surface area (Å²) in [5, 5.41) is 6.67. The second-order valence-corrected chi connectivity index (χ2v) is 4.48. The predicted molar refractivity (Wildman–Crippen MR) is 71.9 cm³/mol. The van der Waals surface area contributed by atoms with Crippen molar-refractivity contribution in [3.8, 4) is 0 Å². The quantitative estimate of drug-likeness (QED) is 0.375. The first-order valence-corrected chi connectivity index (χ1v) is 6.13. The Morgan fingerprint density at radius 2 is 2.56 bits per heavy atom. The van der Waals surface area contributed by atoms with E-state index in [9.17, 15) is 0 Å². The van der Waals surface area contributed by atoms with Crippen LogP contribution in [0.5, 0.6) is 0 Å². The summed E-state index contributed by atoms with van der Waals surface area (Å²) in [5.74, 6) is 0.777. The molecule has 1 heterocycles. The van der Waals surface area contributed by atoms with E-state index in [4.69, 9.17) is 17.1 Å². The number of aromatic nitrogens is 1. The number of oxime groups is 1. The standard InChI is InChI=1S/C10H13N3OS2/c1-11-10(15)16-7-6-14-13-8-9-4-2-3-5-12-9/h2-5,8H,6-7H2,1H3,(H,11,15)/b13-8+. The first kappa shape index (κ1) is 12.9. The zero-order valence-corrected chi connectivity index (χ0v) is 10.6. The number of nitrogens with zero attached hydrogens (tertiary/aromatic N) is 2. The number of pyridine rings is 1. The maximum atomic E-state index is 5.05. The van der Waals surface area contributed by atoms with Gasteiger partial charge in [0.05, 0.1) is 11.9 Å². The van der Waals surface area contributed by atoms with E-state index in [0.717, 1.165) is 15.8 Å². The summed E-state index contributed by atoms with van der Waals surface area (Å²) in [4.78, 5) is 9.13. The van der Waals surface area contributed by atoms with Crippen molar-refractivity contribution in [3.05, 3.63) is 30.1 Å². The zero-order valence-electron chi connectivity index (χ0n) is 8.92. The van der Waals surface area contributed by atoms with Crippen molar-refractivity contribution in [1.82, 2.24) is 10.3 Å². The molecule has 0 bridgehead atoms. The van der Waals surface area contributed by atoms with Gasteiger partial charge in [-0.1, -0.05) is 35.2 Å². The molecule has 4 nitrogen and oxygen atoms in total. The van der Waals surface area contributed by atoms with E-state index in [0.29, 0.717) is 6.61 Å².